The normalized spacial score (nSPS) is 18.5. The molecule has 3 aromatic rings. The number of aromatic amines is 1. The van der Waals surface area contributed by atoms with Crippen LogP contribution in [0.1, 0.15) is 40.4 Å². The molecule has 1 aliphatic heterocycles. The highest BCUT2D eigenvalue weighted by Crippen LogP contribution is 2.39. The van der Waals surface area contributed by atoms with Gasteiger partial charge in [0.15, 0.2) is 0 Å². The van der Waals surface area contributed by atoms with E-state index in [0.29, 0.717) is 0 Å². The molecule has 0 spiro atoms. The molecule has 4 heteroatoms. The van der Waals surface area contributed by atoms with E-state index in [1.54, 1.807) is 6.08 Å². The van der Waals surface area contributed by atoms with Gasteiger partial charge in [0.25, 0.3) is 0 Å². The number of rotatable bonds is 8. The Morgan fingerprint density at radius 1 is 1.23 bits per heavy atom. The molecule has 2 aromatic carbocycles. The van der Waals surface area contributed by atoms with Crippen molar-refractivity contribution >= 4 is 10.9 Å². The largest absolute Gasteiger partial charge is 0.369 e. The fourth-order valence-corrected chi connectivity index (χ4v) is 4.72. The first kappa shape index (κ1) is 21.2. The van der Waals surface area contributed by atoms with Gasteiger partial charge < -0.3 is 10.3 Å². The lowest BCUT2D eigenvalue weighted by atomic mass is 9.90. The summed E-state index contributed by atoms with van der Waals surface area (Å²) < 4.78 is 0. The van der Waals surface area contributed by atoms with Gasteiger partial charge in [-0.3, -0.25) is 5.43 Å². The summed E-state index contributed by atoms with van der Waals surface area (Å²) in [5.41, 5.74) is 12.0. The Kier molecular flexibility index (Phi) is 6.12. The molecule has 4 rings (SSSR count). The lowest BCUT2D eigenvalue weighted by Gasteiger charge is -2.42. The maximum Gasteiger partial charge on any atom is 0.0977 e. The highest BCUT2D eigenvalue weighted by atomic mass is 15.6. The van der Waals surface area contributed by atoms with Crippen molar-refractivity contribution in [2.75, 3.05) is 7.05 Å². The van der Waals surface area contributed by atoms with E-state index in [1.807, 2.05) is 13.1 Å². The first-order valence-electron chi connectivity index (χ1n) is 10.9. The van der Waals surface area contributed by atoms with Gasteiger partial charge in [-0.1, -0.05) is 55.6 Å². The lowest BCUT2D eigenvalue weighted by Crippen LogP contribution is -2.56. The molecule has 0 fully saturated rings. The topological polar surface area (TPSA) is 43.1 Å². The molecule has 160 valence electrons. The highest BCUT2D eigenvalue weighted by Gasteiger charge is 2.37. The standard InChI is InChI=1S/C27H32N4/c1-6-8-11-20-14-15-21(16-18(20)3)27-26-23(22-12-9-10-13-24(22)30-26)17-25(31(27)28-5)29-19(4)7-2/h6-7,9-10,12-16,25,27-30H,1-2,4,8,11,17H2,3,5H3. The Bertz CT molecular complexity index is 1120. The summed E-state index contributed by atoms with van der Waals surface area (Å²) >= 11 is 0. The molecule has 2 unspecified atom stereocenters. The Morgan fingerprint density at radius 3 is 2.74 bits per heavy atom. The summed E-state index contributed by atoms with van der Waals surface area (Å²) in [5.74, 6) is 0. The minimum absolute atomic E-state index is 0.0448. The second-order valence-corrected chi connectivity index (χ2v) is 8.20. The van der Waals surface area contributed by atoms with Gasteiger partial charge in [0.1, 0.15) is 0 Å². The number of para-hydroxylation sites is 1. The molecule has 4 nitrogen and oxygen atoms in total. The van der Waals surface area contributed by atoms with Crippen LogP contribution < -0.4 is 10.7 Å². The van der Waals surface area contributed by atoms with Gasteiger partial charge in [-0.05, 0) is 61.2 Å². The molecule has 0 amide bonds. The van der Waals surface area contributed by atoms with Crippen LogP contribution in [0.3, 0.4) is 0 Å². The quantitative estimate of drug-likeness (QED) is 0.348. The Hall–Kier alpha value is -3.08. The third-order valence-corrected chi connectivity index (χ3v) is 6.29. The Labute approximate surface area is 185 Å². The predicted molar refractivity (Wildman–Crippen MR) is 131 cm³/mol. The van der Waals surface area contributed by atoms with Crippen molar-refractivity contribution < 1.29 is 0 Å². The van der Waals surface area contributed by atoms with Gasteiger partial charge in [0.05, 0.1) is 12.2 Å². The molecular formula is C27H32N4. The molecule has 1 aliphatic rings. The molecule has 31 heavy (non-hydrogen) atoms. The van der Waals surface area contributed by atoms with Crippen molar-refractivity contribution in [1.82, 2.24) is 20.7 Å². The zero-order valence-electron chi connectivity index (χ0n) is 18.5. The maximum atomic E-state index is 4.09. The van der Waals surface area contributed by atoms with Crippen LogP contribution in [0.4, 0.5) is 0 Å². The average Bonchev–Trinajstić information content (AvgIpc) is 3.15. The monoisotopic (exact) mass is 412 g/mol. The van der Waals surface area contributed by atoms with Gasteiger partial charge in [0, 0.05) is 28.7 Å². The molecule has 0 saturated carbocycles. The van der Waals surface area contributed by atoms with Crippen LogP contribution in [-0.2, 0) is 12.8 Å². The number of nitrogens with zero attached hydrogens (tertiary/aromatic N) is 1. The van der Waals surface area contributed by atoms with E-state index in [2.05, 4.69) is 89.9 Å². The van der Waals surface area contributed by atoms with Crippen LogP contribution in [0, 0.1) is 6.92 Å². The molecule has 2 atom stereocenters. The second kappa shape index (κ2) is 8.96. The number of allylic oxidation sites excluding steroid dienone is 2. The molecule has 0 aliphatic carbocycles. The number of fused-ring (bicyclic) bond motifs is 3. The van der Waals surface area contributed by atoms with Crippen LogP contribution in [0.15, 0.2) is 80.1 Å². The summed E-state index contributed by atoms with van der Waals surface area (Å²) in [5, 5.41) is 7.11. The van der Waals surface area contributed by atoms with Crippen molar-refractivity contribution in [1.29, 1.82) is 0 Å². The van der Waals surface area contributed by atoms with Crippen LogP contribution >= 0.6 is 0 Å². The van der Waals surface area contributed by atoms with Gasteiger partial charge >= 0.3 is 0 Å². The van der Waals surface area contributed by atoms with E-state index in [0.717, 1.165) is 25.0 Å². The third-order valence-electron chi connectivity index (χ3n) is 6.29. The van der Waals surface area contributed by atoms with Crippen LogP contribution in [0.2, 0.25) is 0 Å². The van der Waals surface area contributed by atoms with Crippen molar-refractivity contribution in [2.24, 2.45) is 0 Å². The smallest absolute Gasteiger partial charge is 0.0977 e. The Morgan fingerprint density at radius 2 is 2.03 bits per heavy atom. The van der Waals surface area contributed by atoms with Gasteiger partial charge in [0.2, 0.25) is 0 Å². The fraction of sp³-hybridized carbons (Fsp3) is 0.259. The van der Waals surface area contributed by atoms with Gasteiger partial charge in [-0.15, -0.1) is 6.58 Å². The van der Waals surface area contributed by atoms with E-state index in [9.17, 15) is 0 Å². The van der Waals surface area contributed by atoms with Crippen molar-refractivity contribution in [2.45, 2.75) is 38.4 Å². The van der Waals surface area contributed by atoms with Crippen LogP contribution in [-0.4, -0.2) is 23.2 Å². The summed E-state index contributed by atoms with van der Waals surface area (Å²) in [7, 11) is 1.98. The van der Waals surface area contributed by atoms with E-state index >= 15 is 0 Å². The number of hydrazine groups is 1. The third kappa shape index (κ3) is 3.97. The fourth-order valence-electron chi connectivity index (χ4n) is 4.72. The summed E-state index contributed by atoms with van der Waals surface area (Å²) in [6.45, 7) is 14.0. The van der Waals surface area contributed by atoms with Crippen molar-refractivity contribution in [3.05, 3.63) is 108 Å². The first-order chi connectivity index (χ1) is 15.1. The highest BCUT2D eigenvalue weighted by molar-refractivity contribution is 5.85. The maximum absolute atomic E-state index is 4.09. The van der Waals surface area contributed by atoms with Crippen LogP contribution in [0.25, 0.3) is 10.9 Å². The number of hydrogen-bond acceptors (Lipinski definition) is 3. The number of H-pyrrole nitrogens is 1. The van der Waals surface area contributed by atoms with Gasteiger partial charge in [-0.2, -0.15) is 0 Å². The molecule has 3 N–H and O–H groups in total. The first-order valence-corrected chi connectivity index (χ1v) is 10.9. The van der Waals surface area contributed by atoms with E-state index in [-0.39, 0.29) is 12.2 Å². The summed E-state index contributed by atoms with van der Waals surface area (Å²) in [6.07, 6.45) is 6.68. The minimum atomic E-state index is 0.0448. The summed E-state index contributed by atoms with van der Waals surface area (Å²) in [6, 6.07) is 15.5. The minimum Gasteiger partial charge on any atom is -0.369 e. The lowest BCUT2D eigenvalue weighted by molar-refractivity contribution is 0.0707. The number of nitrogens with one attached hydrogen (secondary N) is 3. The number of hydrogen-bond donors (Lipinski definition) is 3. The number of aryl methyl sites for hydroxylation is 2. The molecule has 2 heterocycles. The summed E-state index contributed by atoms with van der Waals surface area (Å²) in [4.78, 5) is 3.72. The van der Waals surface area contributed by atoms with Gasteiger partial charge in [-0.25, -0.2) is 5.01 Å². The molecule has 1 aromatic heterocycles. The molecule has 0 bridgehead atoms. The molecular weight excluding hydrogens is 380 g/mol. The Balaban J connectivity index is 1.84. The van der Waals surface area contributed by atoms with Crippen molar-refractivity contribution in [3.8, 4) is 0 Å². The van der Waals surface area contributed by atoms with E-state index in [4.69, 9.17) is 0 Å². The van der Waals surface area contributed by atoms with Crippen molar-refractivity contribution in [3.63, 3.8) is 0 Å². The molecule has 0 saturated heterocycles. The number of benzene rings is 2. The zero-order chi connectivity index (χ0) is 22.0. The van der Waals surface area contributed by atoms with Crippen LogP contribution in [0.5, 0.6) is 0 Å². The number of aromatic nitrogens is 1. The van der Waals surface area contributed by atoms with E-state index in [1.165, 1.54) is 38.9 Å². The SMILES string of the molecule is C=CCCc1ccc(C2c3[nH]c4ccccc4c3CC(NC(=C)C=C)N2NC)cc1C. The molecule has 0 radical (unpaired) electrons. The van der Waals surface area contributed by atoms with E-state index < -0.39 is 0 Å². The average molecular weight is 413 g/mol. The zero-order valence-corrected chi connectivity index (χ0v) is 18.5. The second-order valence-electron chi connectivity index (χ2n) is 8.20. The predicted octanol–water partition coefficient (Wildman–Crippen LogP) is 5.29.